The van der Waals surface area contributed by atoms with Crippen LogP contribution in [-0.4, -0.2) is 22.2 Å². The van der Waals surface area contributed by atoms with E-state index in [0.29, 0.717) is 29.9 Å². The van der Waals surface area contributed by atoms with Crippen molar-refractivity contribution in [3.05, 3.63) is 17.0 Å². The Kier molecular flexibility index (Phi) is 2.64. The number of aliphatic hydroxyl groups is 1. The molecule has 2 saturated carbocycles. The van der Waals surface area contributed by atoms with Gasteiger partial charge in [-0.25, -0.2) is 0 Å². The maximum absolute atomic E-state index is 12.2. The minimum Gasteiger partial charge on any atom is -0.393 e. The van der Waals surface area contributed by atoms with E-state index in [0.717, 1.165) is 49.8 Å². The Hall–Kier alpha value is -1.16. The normalized spacial score (nSPS) is 47.9. The van der Waals surface area contributed by atoms with Crippen molar-refractivity contribution < 1.29 is 14.4 Å². The van der Waals surface area contributed by atoms with Gasteiger partial charge in [-0.05, 0) is 61.7 Å². The van der Waals surface area contributed by atoms with Crippen LogP contribution < -0.4 is 0 Å². The van der Waals surface area contributed by atoms with E-state index in [1.54, 1.807) is 0 Å². The number of rotatable bonds is 0. The number of aliphatic hydroxyl groups excluding tert-OH is 1. The summed E-state index contributed by atoms with van der Waals surface area (Å²) in [5.74, 6) is 2.44. The second-order valence-corrected chi connectivity index (χ2v) is 8.89. The molecule has 6 atom stereocenters. The Morgan fingerprint density at radius 3 is 2.83 bits per heavy atom. The summed E-state index contributed by atoms with van der Waals surface area (Å²) in [6.07, 6.45) is 6.64. The standard InChI is InChI=1S/C19H25NO3/c1-18-7-5-12-10(11(18)3-4-15(18)22)9-13-16-17(23-20-13)14(21)6-8-19(12,16)2/h10-12,15,22H,3-9H2,1-2H3/t10?,11?,12?,15-,18-,19+/m0/s1. The topological polar surface area (TPSA) is 63.3 Å². The molecule has 0 bridgehead atoms. The van der Waals surface area contributed by atoms with E-state index in [-0.39, 0.29) is 22.7 Å². The fourth-order valence-electron chi connectivity index (χ4n) is 6.78. The van der Waals surface area contributed by atoms with Crippen molar-refractivity contribution in [3.8, 4) is 0 Å². The Bertz CT molecular complexity index is 695. The lowest BCUT2D eigenvalue weighted by atomic mass is 9.48. The molecule has 0 aromatic carbocycles. The maximum Gasteiger partial charge on any atom is 0.206 e. The summed E-state index contributed by atoms with van der Waals surface area (Å²) < 4.78 is 5.48. The van der Waals surface area contributed by atoms with Gasteiger partial charge in [-0.1, -0.05) is 19.0 Å². The van der Waals surface area contributed by atoms with E-state index in [2.05, 4.69) is 19.0 Å². The van der Waals surface area contributed by atoms with E-state index >= 15 is 0 Å². The summed E-state index contributed by atoms with van der Waals surface area (Å²) in [5.41, 5.74) is 2.28. The van der Waals surface area contributed by atoms with Crippen LogP contribution >= 0.6 is 0 Å². The molecule has 2 fully saturated rings. The molecule has 4 heteroatoms. The van der Waals surface area contributed by atoms with Crippen LogP contribution in [0.25, 0.3) is 0 Å². The van der Waals surface area contributed by atoms with Crippen LogP contribution in [0, 0.1) is 23.2 Å². The summed E-state index contributed by atoms with van der Waals surface area (Å²) in [7, 11) is 0. The van der Waals surface area contributed by atoms with Gasteiger partial charge in [0.1, 0.15) is 0 Å². The predicted molar refractivity (Wildman–Crippen MR) is 84.2 cm³/mol. The van der Waals surface area contributed by atoms with Crippen LogP contribution in [0.3, 0.4) is 0 Å². The smallest absolute Gasteiger partial charge is 0.206 e. The van der Waals surface area contributed by atoms with Gasteiger partial charge < -0.3 is 9.63 Å². The van der Waals surface area contributed by atoms with E-state index < -0.39 is 0 Å². The zero-order valence-corrected chi connectivity index (χ0v) is 14.0. The minimum absolute atomic E-state index is 0.0381. The molecule has 0 saturated heterocycles. The van der Waals surface area contributed by atoms with Crippen molar-refractivity contribution >= 4 is 5.78 Å². The average Bonchev–Trinajstić information content (AvgIpc) is 3.08. The first-order chi connectivity index (χ1) is 10.9. The Labute approximate surface area is 136 Å². The molecule has 1 N–H and O–H groups in total. The molecule has 124 valence electrons. The number of carbonyl (C=O) groups is 1. The largest absolute Gasteiger partial charge is 0.393 e. The molecule has 5 rings (SSSR count). The molecule has 23 heavy (non-hydrogen) atoms. The lowest BCUT2D eigenvalue weighted by Gasteiger charge is -2.56. The number of fused-ring (bicyclic) bond motifs is 4. The quantitative estimate of drug-likeness (QED) is 0.798. The second kappa shape index (κ2) is 4.27. The van der Waals surface area contributed by atoms with Crippen LogP contribution in [0.5, 0.6) is 0 Å². The molecule has 0 spiro atoms. The van der Waals surface area contributed by atoms with Crippen LogP contribution in [0.4, 0.5) is 0 Å². The highest BCUT2D eigenvalue weighted by atomic mass is 16.5. The highest BCUT2D eigenvalue weighted by Gasteiger charge is 2.60. The first kappa shape index (κ1) is 14.2. The van der Waals surface area contributed by atoms with Crippen LogP contribution in [0.2, 0.25) is 0 Å². The van der Waals surface area contributed by atoms with E-state index in [1.165, 1.54) is 0 Å². The summed E-state index contributed by atoms with van der Waals surface area (Å²) >= 11 is 0. The van der Waals surface area contributed by atoms with Crippen LogP contribution in [0.1, 0.15) is 74.2 Å². The van der Waals surface area contributed by atoms with Gasteiger partial charge in [0.15, 0.2) is 0 Å². The lowest BCUT2D eigenvalue weighted by molar-refractivity contribution is -0.0568. The number of carbonyl (C=O) groups excluding carboxylic acids is 1. The molecular weight excluding hydrogens is 290 g/mol. The number of Topliss-reactive ketones (excluding diaryl/α,β-unsaturated/α-hetero) is 1. The molecule has 1 aromatic rings. The Balaban J connectivity index is 1.64. The van der Waals surface area contributed by atoms with Gasteiger partial charge in [-0.15, -0.1) is 0 Å². The fraction of sp³-hybridized carbons (Fsp3) is 0.789. The second-order valence-electron chi connectivity index (χ2n) is 8.89. The first-order valence-electron chi connectivity index (χ1n) is 9.15. The van der Waals surface area contributed by atoms with Gasteiger partial charge in [0, 0.05) is 17.4 Å². The first-order valence-corrected chi connectivity index (χ1v) is 9.15. The predicted octanol–water partition coefficient (Wildman–Crippen LogP) is 3.27. The zero-order valence-electron chi connectivity index (χ0n) is 14.0. The SMILES string of the molecule is C[C@]12CCC(=O)c3onc(c31)CC1C2CC[C@@]2(C)C1CC[C@@H]2O. The molecule has 0 aliphatic heterocycles. The van der Waals surface area contributed by atoms with E-state index in [1.807, 2.05) is 0 Å². The Morgan fingerprint density at radius 1 is 1.17 bits per heavy atom. The summed E-state index contributed by atoms with van der Waals surface area (Å²) in [4.78, 5) is 12.2. The van der Waals surface area contributed by atoms with Gasteiger partial charge in [-0.2, -0.15) is 0 Å². The van der Waals surface area contributed by atoms with E-state index in [9.17, 15) is 9.90 Å². The highest BCUT2D eigenvalue weighted by molar-refractivity contribution is 5.96. The van der Waals surface area contributed by atoms with Gasteiger partial charge in [-0.3, -0.25) is 4.79 Å². The molecule has 1 heterocycles. The molecule has 4 aliphatic carbocycles. The van der Waals surface area contributed by atoms with Crippen LogP contribution in [0.15, 0.2) is 4.52 Å². The number of nitrogens with zero attached hydrogens (tertiary/aromatic N) is 1. The van der Waals surface area contributed by atoms with Crippen molar-refractivity contribution in [1.29, 1.82) is 0 Å². The van der Waals surface area contributed by atoms with Crippen molar-refractivity contribution in [2.75, 3.05) is 0 Å². The van der Waals surface area contributed by atoms with Gasteiger partial charge in [0.25, 0.3) is 0 Å². The third-order valence-corrected chi connectivity index (χ3v) is 8.09. The third-order valence-electron chi connectivity index (χ3n) is 8.09. The summed E-state index contributed by atoms with van der Waals surface area (Å²) in [6.45, 7) is 4.63. The number of aromatic nitrogens is 1. The number of hydrogen-bond donors (Lipinski definition) is 1. The van der Waals surface area contributed by atoms with Crippen LogP contribution in [-0.2, 0) is 11.8 Å². The molecule has 0 amide bonds. The third kappa shape index (κ3) is 1.56. The molecular formula is C19H25NO3. The van der Waals surface area contributed by atoms with Crippen molar-refractivity contribution in [1.82, 2.24) is 5.16 Å². The molecule has 4 nitrogen and oxygen atoms in total. The number of hydrogen-bond acceptors (Lipinski definition) is 4. The van der Waals surface area contributed by atoms with Crippen molar-refractivity contribution in [3.63, 3.8) is 0 Å². The zero-order chi connectivity index (χ0) is 16.0. The molecule has 1 aromatic heterocycles. The maximum atomic E-state index is 12.2. The van der Waals surface area contributed by atoms with E-state index in [4.69, 9.17) is 4.52 Å². The monoisotopic (exact) mass is 315 g/mol. The summed E-state index contributed by atoms with van der Waals surface area (Å²) in [5, 5.41) is 14.8. The van der Waals surface area contributed by atoms with Gasteiger partial charge >= 0.3 is 0 Å². The summed E-state index contributed by atoms with van der Waals surface area (Å²) in [6, 6.07) is 0. The Morgan fingerprint density at radius 2 is 2.00 bits per heavy atom. The minimum atomic E-state index is -0.150. The molecule has 4 aliphatic rings. The number of ketones is 1. The average molecular weight is 315 g/mol. The molecule has 0 radical (unpaired) electrons. The van der Waals surface area contributed by atoms with Gasteiger partial charge in [0.05, 0.1) is 11.8 Å². The highest BCUT2D eigenvalue weighted by Crippen LogP contribution is 2.63. The molecule has 3 unspecified atom stereocenters. The van der Waals surface area contributed by atoms with Crippen molar-refractivity contribution in [2.45, 2.75) is 70.3 Å². The van der Waals surface area contributed by atoms with Gasteiger partial charge in [0.2, 0.25) is 11.5 Å². The lowest BCUT2D eigenvalue weighted by Crippen LogP contribution is -2.53. The van der Waals surface area contributed by atoms with Crippen molar-refractivity contribution in [2.24, 2.45) is 23.2 Å². The fourth-order valence-corrected chi connectivity index (χ4v) is 6.78.